The SMILES string of the molecule is CCC(C)N1CC(=O)NC1=O. The van der Waals surface area contributed by atoms with Crippen molar-refractivity contribution in [2.24, 2.45) is 0 Å². The third kappa shape index (κ3) is 1.50. The van der Waals surface area contributed by atoms with E-state index >= 15 is 0 Å². The fourth-order valence-corrected chi connectivity index (χ4v) is 1.03. The minimum absolute atomic E-state index is 0.154. The first-order chi connectivity index (χ1) is 5.15. The van der Waals surface area contributed by atoms with Crippen molar-refractivity contribution in [3.63, 3.8) is 0 Å². The number of hydrogen-bond acceptors (Lipinski definition) is 2. The number of hydrogen-bond donors (Lipinski definition) is 1. The summed E-state index contributed by atoms with van der Waals surface area (Å²) in [5.41, 5.74) is 0. The van der Waals surface area contributed by atoms with E-state index in [0.29, 0.717) is 0 Å². The number of rotatable bonds is 2. The molecule has 1 heterocycles. The van der Waals surface area contributed by atoms with Crippen LogP contribution in [0.15, 0.2) is 0 Å². The molecule has 4 heteroatoms. The van der Waals surface area contributed by atoms with Gasteiger partial charge in [-0.3, -0.25) is 10.1 Å². The second kappa shape index (κ2) is 2.90. The molecular weight excluding hydrogens is 144 g/mol. The van der Waals surface area contributed by atoms with E-state index < -0.39 is 0 Å². The Morgan fingerprint density at radius 1 is 1.64 bits per heavy atom. The summed E-state index contributed by atoms with van der Waals surface area (Å²) >= 11 is 0. The molecule has 0 aromatic carbocycles. The Morgan fingerprint density at radius 2 is 2.27 bits per heavy atom. The number of nitrogens with zero attached hydrogens (tertiary/aromatic N) is 1. The van der Waals surface area contributed by atoms with Gasteiger partial charge in [0.15, 0.2) is 0 Å². The first-order valence-electron chi connectivity index (χ1n) is 3.75. The highest BCUT2D eigenvalue weighted by Gasteiger charge is 2.29. The molecule has 1 aliphatic heterocycles. The number of imide groups is 1. The van der Waals surface area contributed by atoms with Gasteiger partial charge in [-0.1, -0.05) is 6.92 Å². The molecule has 3 amide bonds. The molecule has 1 aliphatic rings. The van der Waals surface area contributed by atoms with E-state index in [2.05, 4.69) is 5.32 Å². The Kier molecular flexibility index (Phi) is 2.12. The Hall–Kier alpha value is -1.06. The van der Waals surface area contributed by atoms with E-state index in [1.165, 1.54) is 0 Å². The lowest BCUT2D eigenvalue weighted by molar-refractivity contribution is -0.118. The normalized spacial score (nSPS) is 20.4. The van der Waals surface area contributed by atoms with Crippen molar-refractivity contribution in [2.75, 3.05) is 6.54 Å². The summed E-state index contributed by atoms with van der Waals surface area (Å²) in [6.07, 6.45) is 0.876. The molecular formula is C7H12N2O2. The lowest BCUT2D eigenvalue weighted by Gasteiger charge is -2.19. The quantitative estimate of drug-likeness (QED) is 0.586. The molecule has 0 spiro atoms. The number of nitrogens with one attached hydrogen (secondary N) is 1. The zero-order valence-electron chi connectivity index (χ0n) is 6.76. The summed E-state index contributed by atoms with van der Waals surface area (Å²) in [6.45, 7) is 4.13. The van der Waals surface area contributed by atoms with Crippen molar-refractivity contribution in [1.82, 2.24) is 10.2 Å². The maximum absolute atomic E-state index is 11.0. The zero-order chi connectivity index (χ0) is 8.43. The predicted molar refractivity (Wildman–Crippen MR) is 40.0 cm³/mol. The first-order valence-corrected chi connectivity index (χ1v) is 3.75. The summed E-state index contributed by atoms with van der Waals surface area (Å²) < 4.78 is 0. The van der Waals surface area contributed by atoms with Crippen molar-refractivity contribution in [2.45, 2.75) is 26.3 Å². The van der Waals surface area contributed by atoms with E-state index in [0.717, 1.165) is 6.42 Å². The summed E-state index contributed by atoms with van der Waals surface area (Å²) in [5.74, 6) is -0.199. The summed E-state index contributed by atoms with van der Waals surface area (Å²) in [6, 6.07) is -0.106. The molecule has 1 rings (SSSR count). The third-order valence-electron chi connectivity index (χ3n) is 1.94. The molecule has 1 N–H and O–H groups in total. The number of urea groups is 1. The number of amides is 3. The van der Waals surface area contributed by atoms with Crippen LogP contribution in [0, 0.1) is 0 Å². The average Bonchev–Trinajstić information content (AvgIpc) is 2.28. The minimum Gasteiger partial charge on any atom is -0.312 e. The van der Waals surface area contributed by atoms with Crippen LogP contribution in [-0.4, -0.2) is 29.4 Å². The molecule has 11 heavy (non-hydrogen) atoms. The fourth-order valence-electron chi connectivity index (χ4n) is 1.03. The van der Waals surface area contributed by atoms with Crippen molar-refractivity contribution < 1.29 is 9.59 Å². The maximum atomic E-state index is 11.0. The van der Waals surface area contributed by atoms with Crippen molar-refractivity contribution in [3.05, 3.63) is 0 Å². The largest absolute Gasteiger partial charge is 0.324 e. The van der Waals surface area contributed by atoms with Gasteiger partial charge in [0.2, 0.25) is 5.91 Å². The fraction of sp³-hybridized carbons (Fsp3) is 0.714. The minimum atomic E-state index is -0.260. The second-order valence-electron chi connectivity index (χ2n) is 2.74. The highest BCUT2D eigenvalue weighted by molar-refractivity contribution is 6.02. The van der Waals surface area contributed by atoms with E-state index in [-0.39, 0.29) is 24.5 Å². The van der Waals surface area contributed by atoms with Gasteiger partial charge in [-0.2, -0.15) is 0 Å². The number of carbonyl (C=O) groups is 2. The molecule has 62 valence electrons. The molecule has 1 saturated heterocycles. The van der Waals surface area contributed by atoms with Crippen LogP contribution in [0.4, 0.5) is 4.79 Å². The molecule has 1 unspecified atom stereocenters. The van der Waals surface area contributed by atoms with Gasteiger partial charge in [0.1, 0.15) is 6.54 Å². The van der Waals surface area contributed by atoms with Gasteiger partial charge < -0.3 is 4.90 Å². The van der Waals surface area contributed by atoms with Gasteiger partial charge in [0.25, 0.3) is 0 Å². The van der Waals surface area contributed by atoms with Crippen molar-refractivity contribution >= 4 is 11.9 Å². The molecule has 0 bridgehead atoms. The summed E-state index contributed by atoms with van der Waals surface area (Å²) in [4.78, 5) is 23.2. The molecule has 4 nitrogen and oxygen atoms in total. The number of carbonyl (C=O) groups excluding carboxylic acids is 2. The Balaban J connectivity index is 2.59. The van der Waals surface area contributed by atoms with E-state index in [1.54, 1.807) is 4.90 Å². The van der Waals surface area contributed by atoms with Gasteiger partial charge in [-0.15, -0.1) is 0 Å². The molecule has 0 radical (unpaired) electrons. The standard InChI is InChI=1S/C7H12N2O2/c1-3-5(2)9-4-6(10)8-7(9)11/h5H,3-4H2,1-2H3,(H,8,10,11). The van der Waals surface area contributed by atoms with Crippen LogP contribution < -0.4 is 5.32 Å². The van der Waals surface area contributed by atoms with E-state index in [4.69, 9.17) is 0 Å². The van der Waals surface area contributed by atoms with Crippen LogP contribution in [0.5, 0.6) is 0 Å². The van der Waals surface area contributed by atoms with E-state index in [1.807, 2.05) is 13.8 Å². The summed E-state index contributed by atoms with van der Waals surface area (Å²) in [5, 5.41) is 2.23. The predicted octanol–water partition coefficient (Wildman–Crippen LogP) is 0.337. The van der Waals surface area contributed by atoms with Crippen molar-refractivity contribution in [1.29, 1.82) is 0 Å². The second-order valence-corrected chi connectivity index (χ2v) is 2.74. The van der Waals surface area contributed by atoms with Gasteiger partial charge in [-0.05, 0) is 13.3 Å². The molecule has 1 atom stereocenters. The highest BCUT2D eigenvalue weighted by atomic mass is 16.2. The van der Waals surface area contributed by atoms with Gasteiger partial charge in [-0.25, -0.2) is 4.79 Å². The first kappa shape index (κ1) is 8.04. The molecule has 1 fully saturated rings. The van der Waals surface area contributed by atoms with Crippen LogP contribution in [-0.2, 0) is 4.79 Å². The van der Waals surface area contributed by atoms with E-state index in [9.17, 15) is 9.59 Å². The molecule has 0 aromatic heterocycles. The molecule has 0 aromatic rings. The maximum Gasteiger partial charge on any atom is 0.324 e. The summed E-state index contributed by atoms with van der Waals surface area (Å²) in [7, 11) is 0. The van der Waals surface area contributed by atoms with Crippen molar-refractivity contribution in [3.8, 4) is 0 Å². The van der Waals surface area contributed by atoms with Crippen LogP contribution >= 0.6 is 0 Å². The lowest BCUT2D eigenvalue weighted by atomic mass is 10.2. The van der Waals surface area contributed by atoms with Crippen LogP contribution in [0.3, 0.4) is 0 Å². The molecule has 0 aliphatic carbocycles. The monoisotopic (exact) mass is 156 g/mol. The van der Waals surface area contributed by atoms with Crippen LogP contribution in [0.2, 0.25) is 0 Å². The van der Waals surface area contributed by atoms with Gasteiger partial charge in [0.05, 0.1) is 0 Å². The van der Waals surface area contributed by atoms with Crippen LogP contribution in [0.1, 0.15) is 20.3 Å². The van der Waals surface area contributed by atoms with Crippen LogP contribution in [0.25, 0.3) is 0 Å². The van der Waals surface area contributed by atoms with Gasteiger partial charge >= 0.3 is 6.03 Å². The average molecular weight is 156 g/mol. The topological polar surface area (TPSA) is 49.4 Å². The van der Waals surface area contributed by atoms with Gasteiger partial charge in [0, 0.05) is 6.04 Å². The zero-order valence-corrected chi connectivity index (χ0v) is 6.76. The smallest absolute Gasteiger partial charge is 0.312 e. The Morgan fingerprint density at radius 3 is 2.64 bits per heavy atom. The lowest BCUT2D eigenvalue weighted by Crippen LogP contribution is -2.35. The Bertz CT molecular complexity index is 191. The molecule has 0 saturated carbocycles. The highest BCUT2D eigenvalue weighted by Crippen LogP contribution is 2.06. The third-order valence-corrected chi connectivity index (χ3v) is 1.94. The Labute approximate surface area is 65.6 Å².